The molecule has 174 valence electrons. The first kappa shape index (κ1) is 22.9. The molecule has 3 aromatic carbocycles. The number of ether oxygens (including phenoxy) is 3. The number of carbonyl (C=O) groups is 2. The summed E-state index contributed by atoms with van der Waals surface area (Å²) in [5.74, 6) is 0.741. The Morgan fingerprint density at radius 3 is 2.12 bits per heavy atom. The van der Waals surface area contributed by atoms with Crippen molar-refractivity contribution in [2.24, 2.45) is 0 Å². The Kier molecular flexibility index (Phi) is 6.54. The zero-order valence-electron chi connectivity index (χ0n) is 19.5. The summed E-state index contributed by atoms with van der Waals surface area (Å²) in [6.07, 6.45) is 0. The zero-order chi connectivity index (χ0) is 24.2. The lowest BCUT2D eigenvalue weighted by molar-refractivity contribution is -0.137. The highest BCUT2D eigenvalue weighted by molar-refractivity contribution is 6.36. The highest BCUT2D eigenvalue weighted by Gasteiger charge is 2.39. The van der Waals surface area contributed by atoms with Gasteiger partial charge in [0.25, 0.3) is 11.8 Å². The van der Waals surface area contributed by atoms with Gasteiger partial charge in [0.15, 0.2) is 11.5 Å². The van der Waals surface area contributed by atoms with Gasteiger partial charge in [-0.2, -0.15) is 0 Å². The molecule has 0 saturated carbocycles. The lowest BCUT2D eigenvalue weighted by Gasteiger charge is -2.16. The molecular weight excluding hydrogens is 432 g/mol. The summed E-state index contributed by atoms with van der Waals surface area (Å²) in [5.41, 5.74) is 3.40. The van der Waals surface area contributed by atoms with Crippen LogP contribution in [0.25, 0.3) is 5.57 Å². The van der Waals surface area contributed by atoms with Crippen molar-refractivity contribution in [2.45, 2.75) is 13.5 Å². The Balaban J connectivity index is 1.82. The molecule has 7 heteroatoms. The Bertz CT molecular complexity index is 1270. The molecule has 34 heavy (non-hydrogen) atoms. The van der Waals surface area contributed by atoms with Crippen LogP contribution in [0.3, 0.4) is 0 Å². The van der Waals surface area contributed by atoms with E-state index < -0.39 is 11.8 Å². The summed E-state index contributed by atoms with van der Waals surface area (Å²) >= 11 is 0. The van der Waals surface area contributed by atoms with Crippen molar-refractivity contribution >= 4 is 23.1 Å². The molecule has 0 aliphatic carbocycles. The van der Waals surface area contributed by atoms with Crippen molar-refractivity contribution in [1.82, 2.24) is 4.90 Å². The maximum Gasteiger partial charge on any atom is 0.278 e. The minimum Gasteiger partial charge on any atom is -0.495 e. The van der Waals surface area contributed by atoms with Gasteiger partial charge in [0, 0.05) is 0 Å². The molecule has 0 saturated heterocycles. The van der Waals surface area contributed by atoms with Crippen molar-refractivity contribution in [2.75, 3.05) is 26.6 Å². The van der Waals surface area contributed by atoms with E-state index in [-0.39, 0.29) is 17.8 Å². The fourth-order valence-corrected chi connectivity index (χ4v) is 3.92. The van der Waals surface area contributed by atoms with Gasteiger partial charge < -0.3 is 19.5 Å². The van der Waals surface area contributed by atoms with Crippen LogP contribution in [-0.4, -0.2) is 38.0 Å². The third kappa shape index (κ3) is 4.32. The molecule has 1 N–H and O–H groups in total. The van der Waals surface area contributed by atoms with Crippen LogP contribution in [-0.2, 0) is 16.1 Å². The van der Waals surface area contributed by atoms with Crippen molar-refractivity contribution in [3.05, 3.63) is 89.1 Å². The Hall–Kier alpha value is -4.26. The fraction of sp³-hybridized carbons (Fsp3) is 0.185. The highest BCUT2D eigenvalue weighted by atomic mass is 16.5. The number of methoxy groups -OCH3 is 3. The standard InChI is InChI=1S/C27H26N2O5/c1-17-10-12-21(32-2)20(14-17)28-25-24(19-11-13-22(33-3)23(15-19)34-4)26(30)29(27(25)31)16-18-8-6-5-7-9-18/h5-15,28H,16H2,1-4H3. The number of amides is 2. The Morgan fingerprint density at radius 2 is 1.44 bits per heavy atom. The van der Waals surface area contributed by atoms with Gasteiger partial charge in [0.2, 0.25) is 0 Å². The largest absolute Gasteiger partial charge is 0.495 e. The molecule has 0 unspecified atom stereocenters. The number of rotatable bonds is 8. The molecule has 3 aromatic rings. The van der Waals surface area contributed by atoms with Crippen molar-refractivity contribution < 1.29 is 23.8 Å². The molecule has 0 spiro atoms. The van der Waals surface area contributed by atoms with E-state index in [1.165, 1.54) is 12.0 Å². The smallest absolute Gasteiger partial charge is 0.278 e. The monoisotopic (exact) mass is 458 g/mol. The molecule has 1 aliphatic heterocycles. The van der Waals surface area contributed by atoms with Gasteiger partial charge in [0.1, 0.15) is 11.4 Å². The van der Waals surface area contributed by atoms with E-state index in [1.807, 2.05) is 55.5 Å². The van der Waals surface area contributed by atoms with Gasteiger partial charge >= 0.3 is 0 Å². The second-order valence-corrected chi connectivity index (χ2v) is 7.83. The summed E-state index contributed by atoms with van der Waals surface area (Å²) in [6.45, 7) is 2.10. The third-order valence-corrected chi connectivity index (χ3v) is 5.64. The van der Waals surface area contributed by atoms with Gasteiger partial charge in [-0.05, 0) is 47.9 Å². The second kappa shape index (κ2) is 9.70. The Labute approximate surface area is 198 Å². The van der Waals surface area contributed by atoms with E-state index in [2.05, 4.69) is 5.32 Å². The van der Waals surface area contributed by atoms with E-state index in [4.69, 9.17) is 14.2 Å². The molecule has 1 heterocycles. The number of nitrogens with zero attached hydrogens (tertiary/aromatic N) is 1. The maximum atomic E-state index is 13.6. The van der Waals surface area contributed by atoms with Gasteiger partial charge in [-0.15, -0.1) is 0 Å². The van der Waals surface area contributed by atoms with Crippen molar-refractivity contribution in [3.8, 4) is 17.2 Å². The first-order valence-electron chi connectivity index (χ1n) is 10.7. The number of hydrogen-bond acceptors (Lipinski definition) is 6. The van der Waals surface area contributed by atoms with Gasteiger partial charge in [-0.1, -0.05) is 42.5 Å². The van der Waals surface area contributed by atoms with Gasteiger partial charge in [0.05, 0.1) is 39.1 Å². The lowest BCUT2D eigenvalue weighted by atomic mass is 10.0. The normalized spacial score (nSPS) is 13.4. The van der Waals surface area contributed by atoms with E-state index in [0.29, 0.717) is 28.5 Å². The van der Waals surface area contributed by atoms with Crippen LogP contribution in [0.5, 0.6) is 17.2 Å². The first-order chi connectivity index (χ1) is 16.5. The summed E-state index contributed by atoms with van der Waals surface area (Å²) in [4.78, 5) is 28.4. The molecule has 0 radical (unpaired) electrons. The van der Waals surface area contributed by atoms with Gasteiger partial charge in [-0.3, -0.25) is 14.5 Å². The SMILES string of the molecule is COc1ccc(C)cc1NC1=C(c2ccc(OC)c(OC)c2)C(=O)N(Cc2ccccc2)C1=O. The van der Waals surface area contributed by atoms with E-state index in [0.717, 1.165) is 11.1 Å². The fourth-order valence-electron chi connectivity index (χ4n) is 3.92. The predicted molar refractivity (Wildman–Crippen MR) is 130 cm³/mol. The number of aryl methyl sites for hydroxylation is 1. The van der Waals surface area contributed by atoms with E-state index in [1.54, 1.807) is 32.4 Å². The predicted octanol–water partition coefficient (Wildman–Crippen LogP) is 4.41. The molecule has 1 aliphatic rings. The molecule has 0 bridgehead atoms. The number of imide groups is 1. The molecular formula is C27H26N2O5. The number of carbonyl (C=O) groups excluding carboxylic acids is 2. The van der Waals surface area contributed by atoms with Crippen LogP contribution in [0.1, 0.15) is 16.7 Å². The molecule has 7 nitrogen and oxygen atoms in total. The number of nitrogens with one attached hydrogen (secondary N) is 1. The number of benzene rings is 3. The topological polar surface area (TPSA) is 77.1 Å². The summed E-state index contributed by atoms with van der Waals surface area (Å²) in [6, 6.07) is 20.1. The number of hydrogen-bond donors (Lipinski definition) is 1. The first-order valence-corrected chi connectivity index (χ1v) is 10.7. The molecule has 0 atom stereocenters. The Morgan fingerprint density at radius 1 is 0.765 bits per heavy atom. The minimum absolute atomic E-state index is 0.158. The maximum absolute atomic E-state index is 13.6. The average Bonchev–Trinajstić information content (AvgIpc) is 3.08. The minimum atomic E-state index is -0.415. The lowest BCUT2D eigenvalue weighted by Crippen LogP contribution is -2.32. The van der Waals surface area contributed by atoms with E-state index >= 15 is 0 Å². The van der Waals surface area contributed by atoms with Crippen molar-refractivity contribution in [1.29, 1.82) is 0 Å². The van der Waals surface area contributed by atoms with Crippen LogP contribution in [0.15, 0.2) is 72.4 Å². The van der Waals surface area contributed by atoms with Crippen LogP contribution in [0.4, 0.5) is 5.69 Å². The van der Waals surface area contributed by atoms with E-state index in [9.17, 15) is 9.59 Å². The second-order valence-electron chi connectivity index (χ2n) is 7.83. The van der Waals surface area contributed by atoms with Crippen LogP contribution in [0.2, 0.25) is 0 Å². The molecule has 0 fully saturated rings. The third-order valence-electron chi connectivity index (χ3n) is 5.64. The zero-order valence-corrected chi connectivity index (χ0v) is 19.5. The summed E-state index contributed by atoms with van der Waals surface area (Å²) < 4.78 is 16.2. The quantitative estimate of drug-likeness (QED) is 0.504. The van der Waals surface area contributed by atoms with Crippen molar-refractivity contribution in [3.63, 3.8) is 0 Å². The highest BCUT2D eigenvalue weighted by Crippen LogP contribution is 2.37. The molecule has 0 aromatic heterocycles. The van der Waals surface area contributed by atoms with Crippen LogP contribution >= 0.6 is 0 Å². The summed E-state index contributed by atoms with van der Waals surface area (Å²) in [5, 5.41) is 3.18. The summed E-state index contributed by atoms with van der Waals surface area (Å²) in [7, 11) is 4.62. The average molecular weight is 459 g/mol. The number of anilines is 1. The van der Waals surface area contributed by atoms with Crippen LogP contribution in [0, 0.1) is 6.92 Å². The molecule has 2 amide bonds. The molecule has 4 rings (SSSR count). The van der Waals surface area contributed by atoms with Crippen LogP contribution < -0.4 is 19.5 Å². The van der Waals surface area contributed by atoms with Gasteiger partial charge in [-0.25, -0.2) is 0 Å².